The predicted molar refractivity (Wildman–Crippen MR) is 78.0 cm³/mol. The standard InChI is InChI=1S/C17H24O3/c1-19-13-5-3-6-14(10-13)20-15-9-8-12-4-2-7-17(18)16(12)11-15/h8-9,11,13-14,17-18H,2-7,10H2,1H3/t13?,14?,17-/m1/s1. The summed E-state index contributed by atoms with van der Waals surface area (Å²) in [6, 6.07) is 6.20. The molecule has 0 aromatic heterocycles. The number of methoxy groups -OCH3 is 1. The molecule has 2 aliphatic rings. The van der Waals surface area contributed by atoms with Crippen LogP contribution in [-0.2, 0) is 11.2 Å². The second-order valence-corrected chi connectivity index (χ2v) is 6.03. The summed E-state index contributed by atoms with van der Waals surface area (Å²) < 4.78 is 11.6. The Bertz CT molecular complexity index is 458. The molecule has 0 aliphatic heterocycles. The molecule has 20 heavy (non-hydrogen) atoms. The maximum Gasteiger partial charge on any atom is 0.120 e. The molecule has 1 fully saturated rings. The summed E-state index contributed by atoms with van der Waals surface area (Å²) in [7, 11) is 1.78. The Morgan fingerprint density at radius 3 is 2.80 bits per heavy atom. The Balaban J connectivity index is 1.70. The van der Waals surface area contributed by atoms with Gasteiger partial charge in [-0.05, 0) is 61.8 Å². The monoisotopic (exact) mass is 276 g/mol. The van der Waals surface area contributed by atoms with Crippen molar-refractivity contribution in [2.75, 3.05) is 7.11 Å². The third-order valence-electron chi connectivity index (χ3n) is 4.61. The Morgan fingerprint density at radius 1 is 1.10 bits per heavy atom. The lowest BCUT2D eigenvalue weighted by Gasteiger charge is -2.29. The van der Waals surface area contributed by atoms with E-state index in [0.717, 1.165) is 56.3 Å². The van der Waals surface area contributed by atoms with Crippen LogP contribution >= 0.6 is 0 Å². The van der Waals surface area contributed by atoms with Gasteiger partial charge in [-0.3, -0.25) is 0 Å². The largest absolute Gasteiger partial charge is 0.490 e. The first kappa shape index (κ1) is 13.9. The lowest BCUT2D eigenvalue weighted by Crippen LogP contribution is -2.29. The van der Waals surface area contributed by atoms with E-state index in [4.69, 9.17) is 9.47 Å². The van der Waals surface area contributed by atoms with Crippen LogP contribution in [0.15, 0.2) is 18.2 Å². The number of rotatable bonds is 3. The molecule has 2 unspecified atom stereocenters. The zero-order chi connectivity index (χ0) is 13.9. The van der Waals surface area contributed by atoms with Crippen LogP contribution in [0, 0.1) is 0 Å². The van der Waals surface area contributed by atoms with Crippen LogP contribution < -0.4 is 4.74 Å². The van der Waals surface area contributed by atoms with Crippen molar-refractivity contribution in [2.24, 2.45) is 0 Å². The normalized spacial score (nSPS) is 29.8. The number of aliphatic hydroxyl groups is 1. The van der Waals surface area contributed by atoms with Gasteiger partial charge in [-0.15, -0.1) is 0 Å². The van der Waals surface area contributed by atoms with Crippen LogP contribution in [0.2, 0.25) is 0 Å². The summed E-state index contributed by atoms with van der Waals surface area (Å²) in [4.78, 5) is 0. The number of hydrogen-bond acceptors (Lipinski definition) is 3. The zero-order valence-electron chi connectivity index (χ0n) is 12.2. The number of ether oxygens (including phenoxy) is 2. The molecule has 0 amide bonds. The molecule has 2 aliphatic carbocycles. The number of aliphatic hydroxyl groups excluding tert-OH is 1. The van der Waals surface area contributed by atoms with Gasteiger partial charge in [-0.1, -0.05) is 6.07 Å². The van der Waals surface area contributed by atoms with E-state index in [1.54, 1.807) is 7.11 Å². The molecule has 3 rings (SSSR count). The van der Waals surface area contributed by atoms with Gasteiger partial charge in [0.1, 0.15) is 11.9 Å². The first-order valence-electron chi connectivity index (χ1n) is 7.76. The van der Waals surface area contributed by atoms with Gasteiger partial charge in [-0.2, -0.15) is 0 Å². The zero-order valence-corrected chi connectivity index (χ0v) is 12.2. The van der Waals surface area contributed by atoms with Crippen LogP contribution in [-0.4, -0.2) is 24.4 Å². The molecular formula is C17H24O3. The Labute approximate surface area is 120 Å². The Kier molecular flexibility index (Phi) is 4.27. The summed E-state index contributed by atoms with van der Waals surface area (Å²) in [5.74, 6) is 0.895. The number of benzene rings is 1. The Hall–Kier alpha value is -1.06. The highest BCUT2D eigenvalue weighted by atomic mass is 16.5. The minimum Gasteiger partial charge on any atom is -0.490 e. The highest BCUT2D eigenvalue weighted by molar-refractivity contribution is 5.38. The first-order valence-corrected chi connectivity index (χ1v) is 7.76. The van der Waals surface area contributed by atoms with Crippen LogP contribution in [0.1, 0.15) is 55.8 Å². The van der Waals surface area contributed by atoms with E-state index in [0.29, 0.717) is 6.10 Å². The molecule has 1 aromatic rings. The van der Waals surface area contributed by atoms with Crippen molar-refractivity contribution in [1.82, 2.24) is 0 Å². The van der Waals surface area contributed by atoms with Gasteiger partial charge < -0.3 is 14.6 Å². The second kappa shape index (κ2) is 6.15. The second-order valence-electron chi connectivity index (χ2n) is 6.03. The molecule has 0 saturated heterocycles. The summed E-state index contributed by atoms with van der Waals surface area (Å²) in [6.07, 6.45) is 7.64. The van der Waals surface area contributed by atoms with Crippen molar-refractivity contribution in [3.05, 3.63) is 29.3 Å². The fourth-order valence-electron chi connectivity index (χ4n) is 3.44. The molecule has 0 heterocycles. The minimum absolute atomic E-state index is 0.243. The maximum atomic E-state index is 10.1. The fourth-order valence-corrected chi connectivity index (χ4v) is 3.44. The molecule has 3 atom stereocenters. The van der Waals surface area contributed by atoms with Crippen molar-refractivity contribution in [2.45, 2.75) is 63.3 Å². The summed E-state index contributed by atoms with van der Waals surface area (Å²) in [5, 5.41) is 10.1. The van der Waals surface area contributed by atoms with Gasteiger partial charge in [0, 0.05) is 13.5 Å². The van der Waals surface area contributed by atoms with E-state index >= 15 is 0 Å². The average molecular weight is 276 g/mol. The van der Waals surface area contributed by atoms with Crippen molar-refractivity contribution < 1.29 is 14.6 Å². The van der Waals surface area contributed by atoms with E-state index in [1.807, 2.05) is 12.1 Å². The summed E-state index contributed by atoms with van der Waals surface area (Å²) in [5.41, 5.74) is 2.34. The molecule has 3 heteroatoms. The van der Waals surface area contributed by atoms with Gasteiger partial charge >= 0.3 is 0 Å². The topological polar surface area (TPSA) is 38.7 Å². The van der Waals surface area contributed by atoms with Crippen molar-refractivity contribution >= 4 is 0 Å². The lowest BCUT2D eigenvalue weighted by atomic mass is 9.89. The van der Waals surface area contributed by atoms with E-state index < -0.39 is 0 Å². The van der Waals surface area contributed by atoms with E-state index in [-0.39, 0.29) is 12.2 Å². The first-order chi connectivity index (χ1) is 9.76. The van der Waals surface area contributed by atoms with Crippen molar-refractivity contribution in [1.29, 1.82) is 0 Å². The van der Waals surface area contributed by atoms with Crippen LogP contribution in [0.25, 0.3) is 0 Å². The van der Waals surface area contributed by atoms with Crippen LogP contribution in [0.4, 0.5) is 0 Å². The number of fused-ring (bicyclic) bond motifs is 1. The smallest absolute Gasteiger partial charge is 0.120 e. The van der Waals surface area contributed by atoms with Gasteiger partial charge in [0.05, 0.1) is 12.2 Å². The van der Waals surface area contributed by atoms with Crippen molar-refractivity contribution in [3.8, 4) is 5.75 Å². The predicted octanol–water partition coefficient (Wildman–Crippen LogP) is 3.39. The van der Waals surface area contributed by atoms with E-state index in [2.05, 4.69) is 6.07 Å². The molecular weight excluding hydrogens is 252 g/mol. The molecule has 1 N–H and O–H groups in total. The van der Waals surface area contributed by atoms with E-state index in [1.165, 1.54) is 5.56 Å². The number of hydrogen-bond donors (Lipinski definition) is 1. The van der Waals surface area contributed by atoms with E-state index in [9.17, 15) is 5.11 Å². The van der Waals surface area contributed by atoms with Gasteiger partial charge in [0.25, 0.3) is 0 Å². The summed E-state index contributed by atoms with van der Waals surface area (Å²) in [6.45, 7) is 0. The quantitative estimate of drug-likeness (QED) is 0.919. The third kappa shape index (κ3) is 2.99. The summed E-state index contributed by atoms with van der Waals surface area (Å²) >= 11 is 0. The molecule has 1 aromatic carbocycles. The highest BCUT2D eigenvalue weighted by Crippen LogP contribution is 2.33. The highest BCUT2D eigenvalue weighted by Gasteiger charge is 2.24. The average Bonchev–Trinajstić information content (AvgIpc) is 2.48. The number of aryl methyl sites for hydroxylation is 1. The third-order valence-corrected chi connectivity index (χ3v) is 4.61. The van der Waals surface area contributed by atoms with Gasteiger partial charge in [-0.25, -0.2) is 0 Å². The van der Waals surface area contributed by atoms with Gasteiger partial charge in [0.15, 0.2) is 0 Å². The Morgan fingerprint density at radius 2 is 1.95 bits per heavy atom. The molecule has 0 radical (unpaired) electrons. The molecule has 3 nitrogen and oxygen atoms in total. The SMILES string of the molecule is COC1CCCC(Oc2ccc3c(c2)[C@H](O)CCC3)C1. The van der Waals surface area contributed by atoms with Gasteiger partial charge in [0.2, 0.25) is 0 Å². The maximum absolute atomic E-state index is 10.1. The molecule has 0 spiro atoms. The molecule has 0 bridgehead atoms. The minimum atomic E-state index is -0.319. The molecule has 110 valence electrons. The fraction of sp³-hybridized carbons (Fsp3) is 0.647. The van der Waals surface area contributed by atoms with Crippen LogP contribution in [0.3, 0.4) is 0 Å². The van der Waals surface area contributed by atoms with Crippen molar-refractivity contribution in [3.63, 3.8) is 0 Å². The lowest BCUT2D eigenvalue weighted by molar-refractivity contribution is 0.0208. The molecule has 1 saturated carbocycles. The van der Waals surface area contributed by atoms with Crippen LogP contribution in [0.5, 0.6) is 5.75 Å².